The van der Waals surface area contributed by atoms with E-state index in [1.807, 2.05) is 0 Å². The molecule has 0 N–H and O–H groups in total. The largest absolute Gasteiger partial charge is 0.228 e. The van der Waals surface area contributed by atoms with Crippen LogP contribution in [0.25, 0.3) is 99.6 Å². The van der Waals surface area contributed by atoms with Crippen LogP contribution in [0.3, 0.4) is 0 Å². The number of hydrogen-bond acceptors (Lipinski definition) is 2. The zero-order chi connectivity index (χ0) is 38.1. The number of nitrogens with zero attached hydrogens (tertiary/aromatic N) is 2. The standard InChI is InChI=1S/C55H38N2/c1-55(2)50-32-28-40(33-49(50)47-29-27-38-16-7-9-19-43(38)53(47)55)42-30-31-46(45-21-11-10-20-44(42)45)52-34-51(39-25-23-36(24-26-39)35-13-4-3-5-14-35)56-54(57-52)48-22-12-17-37-15-6-8-18-41(37)48/h3-34H,1-2H3. The van der Waals surface area contributed by atoms with E-state index < -0.39 is 0 Å². The van der Waals surface area contributed by atoms with Gasteiger partial charge in [-0.1, -0.05) is 196 Å². The van der Waals surface area contributed by atoms with Crippen LogP contribution >= 0.6 is 0 Å². The summed E-state index contributed by atoms with van der Waals surface area (Å²) in [5, 5.41) is 7.30. The third-order valence-corrected chi connectivity index (χ3v) is 12.1. The van der Waals surface area contributed by atoms with Gasteiger partial charge in [-0.2, -0.15) is 0 Å². The van der Waals surface area contributed by atoms with E-state index in [4.69, 9.17) is 9.97 Å². The lowest BCUT2D eigenvalue weighted by Gasteiger charge is -2.23. The fourth-order valence-electron chi connectivity index (χ4n) is 9.30. The average molecular weight is 727 g/mol. The van der Waals surface area contributed by atoms with Crippen molar-refractivity contribution >= 4 is 32.3 Å². The number of aromatic nitrogens is 2. The molecule has 0 fully saturated rings. The highest BCUT2D eigenvalue weighted by atomic mass is 14.9. The van der Waals surface area contributed by atoms with Crippen molar-refractivity contribution in [1.82, 2.24) is 9.97 Å². The number of fused-ring (bicyclic) bond motifs is 7. The lowest BCUT2D eigenvalue weighted by molar-refractivity contribution is 0.666. The maximum atomic E-state index is 5.37. The van der Waals surface area contributed by atoms with Gasteiger partial charge in [0.2, 0.25) is 0 Å². The molecule has 1 aliphatic rings. The third kappa shape index (κ3) is 5.40. The Balaban J connectivity index is 1.07. The van der Waals surface area contributed by atoms with Gasteiger partial charge in [0.1, 0.15) is 0 Å². The van der Waals surface area contributed by atoms with Crippen LogP contribution in [0, 0.1) is 0 Å². The van der Waals surface area contributed by atoms with Crippen LogP contribution in [0.2, 0.25) is 0 Å². The molecule has 0 spiro atoms. The smallest absolute Gasteiger partial charge is 0.161 e. The number of benzene rings is 9. The van der Waals surface area contributed by atoms with Crippen molar-refractivity contribution in [2.24, 2.45) is 0 Å². The number of rotatable bonds is 5. The summed E-state index contributed by atoms with van der Waals surface area (Å²) in [6, 6.07) is 70.1. The van der Waals surface area contributed by atoms with E-state index in [2.05, 4.69) is 208 Å². The van der Waals surface area contributed by atoms with E-state index in [1.165, 1.54) is 66.1 Å². The van der Waals surface area contributed by atoms with Gasteiger partial charge in [0.05, 0.1) is 11.4 Å². The van der Waals surface area contributed by atoms with Crippen molar-refractivity contribution in [3.8, 4) is 67.3 Å². The Morgan fingerprint density at radius 2 is 0.895 bits per heavy atom. The minimum absolute atomic E-state index is 0.0929. The first kappa shape index (κ1) is 33.2. The predicted octanol–water partition coefficient (Wildman–Crippen LogP) is 14.6. The second-order valence-electron chi connectivity index (χ2n) is 15.7. The van der Waals surface area contributed by atoms with E-state index in [9.17, 15) is 0 Å². The van der Waals surface area contributed by atoms with E-state index in [-0.39, 0.29) is 5.41 Å². The molecular formula is C55H38N2. The summed E-state index contributed by atoms with van der Waals surface area (Å²) < 4.78 is 0. The zero-order valence-corrected chi connectivity index (χ0v) is 31.9. The molecule has 11 rings (SSSR count). The molecule has 0 saturated carbocycles. The summed E-state index contributed by atoms with van der Waals surface area (Å²) in [4.78, 5) is 10.6. The van der Waals surface area contributed by atoms with Gasteiger partial charge in [0.15, 0.2) is 5.82 Å². The van der Waals surface area contributed by atoms with E-state index >= 15 is 0 Å². The molecule has 0 radical (unpaired) electrons. The summed E-state index contributed by atoms with van der Waals surface area (Å²) >= 11 is 0. The highest BCUT2D eigenvalue weighted by molar-refractivity contribution is 6.06. The van der Waals surface area contributed by atoms with E-state index in [1.54, 1.807) is 0 Å². The lowest BCUT2D eigenvalue weighted by atomic mass is 9.80. The first-order valence-corrected chi connectivity index (χ1v) is 19.7. The monoisotopic (exact) mass is 726 g/mol. The molecule has 2 nitrogen and oxygen atoms in total. The average Bonchev–Trinajstić information content (AvgIpc) is 3.51. The van der Waals surface area contributed by atoms with E-state index in [0.717, 1.165) is 38.9 Å². The minimum atomic E-state index is -0.0929. The first-order valence-electron chi connectivity index (χ1n) is 19.7. The number of hydrogen-bond donors (Lipinski definition) is 0. The molecule has 0 unspecified atom stereocenters. The molecule has 1 aliphatic carbocycles. The Labute approximate surface area is 332 Å². The SMILES string of the molecule is CC1(C)c2ccc(-c3ccc(-c4cc(-c5ccc(-c6ccccc6)cc5)nc(-c5cccc6ccccc56)n4)c4ccccc34)cc2-c2ccc3ccccc3c21. The molecular weight excluding hydrogens is 689 g/mol. The van der Waals surface area contributed by atoms with Crippen molar-refractivity contribution in [3.63, 3.8) is 0 Å². The van der Waals surface area contributed by atoms with Crippen molar-refractivity contribution in [2.45, 2.75) is 19.3 Å². The highest BCUT2D eigenvalue weighted by Crippen LogP contribution is 2.52. The summed E-state index contributed by atoms with van der Waals surface area (Å²) in [6.07, 6.45) is 0. The van der Waals surface area contributed by atoms with Crippen LogP contribution in [0.15, 0.2) is 194 Å². The Morgan fingerprint density at radius 3 is 1.68 bits per heavy atom. The van der Waals surface area contributed by atoms with Gasteiger partial charge >= 0.3 is 0 Å². The molecule has 268 valence electrons. The molecule has 0 atom stereocenters. The summed E-state index contributed by atoms with van der Waals surface area (Å²) in [5.74, 6) is 0.715. The van der Waals surface area contributed by atoms with Gasteiger partial charge in [-0.3, -0.25) is 0 Å². The van der Waals surface area contributed by atoms with Crippen LogP contribution in [-0.4, -0.2) is 9.97 Å². The Kier molecular flexibility index (Phi) is 7.55. The Morgan fingerprint density at radius 1 is 0.333 bits per heavy atom. The fourth-order valence-corrected chi connectivity index (χ4v) is 9.30. The van der Waals surface area contributed by atoms with E-state index in [0.29, 0.717) is 5.82 Å². The van der Waals surface area contributed by atoms with Crippen molar-refractivity contribution in [2.75, 3.05) is 0 Å². The van der Waals surface area contributed by atoms with Crippen molar-refractivity contribution in [1.29, 1.82) is 0 Å². The summed E-state index contributed by atoms with van der Waals surface area (Å²) in [7, 11) is 0. The predicted molar refractivity (Wildman–Crippen MR) is 239 cm³/mol. The van der Waals surface area contributed by atoms with Crippen molar-refractivity contribution < 1.29 is 0 Å². The van der Waals surface area contributed by atoms with Gasteiger partial charge in [0.25, 0.3) is 0 Å². The van der Waals surface area contributed by atoms with Gasteiger partial charge in [-0.25, -0.2) is 9.97 Å². The maximum absolute atomic E-state index is 5.37. The second kappa shape index (κ2) is 13.0. The topological polar surface area (TPSA) is 25.8 Å². The molecule has 0 amide bonds. The molecule has 0 aliphatic heterocycles. The first-order chi connectivity index (χ1) is 28.0. The normalized spacial score (nSPS) is 12.9. The molecule has 0 bridgehead atoms. The molecule has 10 aromatic rings. The molecule has 1 heterocycles. The highest BCUT2D eigenvalue weighted by Gasteiger charge is 2.37. The maximum Gasteiger partial charge on any atom is 0.161 e. The van der Waals surface area contributed by atoms with Crippen LogP contribution in [0.4, 0.5) is 0 Å². The molecule has 57 heavy (non-hydrogen) atoms. The van der Waals surface area contributed by atoms with Gasteiger partial charge in [0, 0.05) is 22.1 Å². The van der Waals surface area contributed by atoms with Crippen molar-refractivity contribution in [3.05, 3.63) is 205 Å². The summed E-state index contributed by atoms with van der Waals surface area (Å²) in [5.41, 5.74) is 15.1. The molecule has 1 aromatic heterocycles. The quantitative estimate of drug-likeness (QED) is 0.176. The Hall–Kier alpha value is -7.16. The second-order valence-corrected chi connectivity index (χ2v) is 15.7. The van der Waals surface area contributed by atoms with Crippen LogP contribution in [-0.2, 0) is 5.41 Å². The molecule has 2 heteroatoms. The molecule has 9 aromatic carbocycles. The van der Waals surface area contributed by atoms with Crippen LogP contribution < -0.4 is 0 Å². The summed E-state index contributed by atoms with van der Waals surface area (Å²) in [6.45, 7) is 4.74. The Bertz CT molecular complexity index is 3190. The van der Waals surface area contributed by atoms with Gasteiger partial charge in [-0.15, -0.1) is 0 Å². The lowest BCUT2D eigenvalue weighted by Crippen LogP contribution is -2.15. The van der Waals surface area contributed by atoms with Gasteiger partial charge in [-0.05, 0) is 89.0 Å². The van der Waals surface area contributed by atoms with Crippen LogP contribution in [0.5, 0.6) is 0 Å². The minimum Gasteiger partial charge on any atom is -0.228 e. The molecule has 0 saturated heterocycles. The van der Waals surface area contributed by atoms with Crippen LogP contribution in [0.1, 0.15) is 25.0 Å². The fraction of sp³-hybridized carbons (Fsp3) is 0.0545. The zero-order valence-electron chi connectivity index (χ0n) is 31.9. The third-order valence-electron chi connectivity index (χ3n) is 12.1. The van der Waals surface area contributed by atoms with Gasteiger partial charge < -0.3 is 0 Å².